The number of amides is 1. The lowest BCUT2D eigenvalue weighted by Gasteiger charge is -2.09. The van der Waals surface area contributed by atoms with Gasteiger partial charge in [0, 0.05) is 20.6 Å². The third kappa shape index (κ3) is 4.26. The van der Waals surface area contributed by atoms with Crippen molar-refractivity contribution >= 4 is 39.0 Å². The number of carbonyl (C=O) groups excluding carboxylic acids is 1. The Hall–Kier alpha value is -1.44. The van der Waals surface area contributed by atoms with Crippen LogP contribution in [0.15, 0.2) is 28.1 Å². The fourth-order valence-electron chi connectivity index (χ4n) is 1.89. The number of anilines is 1. The van der Waals surface area contributed by atoms with Gasteiger partial charge in [-0.2, -0.15) is 0 Å². The molecule has 0 saturated heterocycles. The van der Waals surface area contributed by atoms with E-state index in [0.29, 0.717) is 17.9 Å². The van der Waals surface area contributed by atoms with Crippen molar-refractivity contribution < 1.29 is 4.79 Å². The van der Waals surface area contributed by atoms with Gasteiger partial charge in [0.2, 0.25) is 0 Å². The van der Waals surface area contributed by atoms with E-state index in [1.807, 2.05) is 17.5 Å². The molecule has 0 aromatic carbocycles. The summed E-state index contributed by atoms with van der Waals surface area (Å²) in [4.78, 5) is 17.7. The number of nitrogen functional groups attached to an aromatic ring is 1. The van der Waals surface area contributed by atoms with Gasteiger partial charge in [-0.05, 0) is 45.9 Å². The number of nitrogens with one attached hydrogen (secondary N) is 2. The van der Waals surface area contributed by atoms with Crippen LogP contribution in [0.4, 0.5) is 5.82 Å². The predicted octanol–water partition coefficient (Wildman–Crippen LogP) is 3.07. The van der Waals surface area contributed by atoms with E-state index >= 15 is 0 Å². The molecule has 21 heavy (non-hydrogen) atoms. The zero-order valence-corrected chi connectivity index (χ0v) is 14.1. The SMILES string of the molecule is CCCc1cc(C(=O)NCc2sccc2Br)cc(NN)n1. The number of nitrogens with two attached hydrogens (primary N) is 1. The molecule has 0 aliphatic heterocycles. The van der Waals surface area contributed by atoms with Crippen molar-refractivity contribution in [3.63, 3.8) is 0 Å². The number of carbonyl (C=O) groups is 1. The van der Waals surface area contributed by atoms with Crippen LogP contribution >= 0.6 is 27.3 Å². The number of halogens is 1. The standard InChI is InChI=1S/C14H17BrN4OS/c1-2-3-10-6-9(7-13(18-10)19-16)14(20)17-8-12-11(15)4-5-21-12/h4-7H,2-3,8,16H2,1H3,(H,17,20)(H,18,19). The van der Waals surface area contributed by atoms with Gasteiger partial charge in [-0.3, -0.25) is 4.79 Å². The molecule has 0 radical (unpaired) electrons. The number of aryl methyl sites for hydroxylation is 1. The first-order valence-corrected chi connectivity index (χ1v) is 8.29. The molecule has 2 heterocycles. The van der Waals surface area contributed by atoms with Crippen LogP contribution in [-0.4, -0.2) is 10.9 Å². The summed E-state index contributed by atoms with van der Waals surface area (Å²) in [6.07, 6.45) is 1.77. The Morgan fingerprint density at radius 3 is 2.90 bits per heavy atom. The minimum Gasteiger partial charge on any atom is -0.347 e. The normalized spacial score (nSPS) is 10.4. The largest absolute Gasteiger partial charge is 0.347 e. The summed E-state index contributed by atoms with van der Waals surface area (Å²) < 4.78 is 1.01. The number of pyridine rings is 1. The fourth-order valence-corrected chi connectivity index (χ4v) is 3.32. The Balaban J connectivity index is 2.10. The quantitative estimate of drug-likeness (QED) is 0.540. The van der Waals surface area contributed by atoms with E-state index in [9.17, 15) is 4.79 Å². The second-order valence-corrected chi connectivity index (χ2v) is 6.36. The molecule has 0 unspecified atom stereocenters. The molecule has 4 N–H and O–H groups in total. The molecule has 2 rings (SSSR count). The van der Waals surface area contributed by atoms with Gasteiger partial charge in [0.15, 0.2) is 0 Å². The molecule has 0 bridgehead atoms. The highest BCUT2D eigenvalue weighted by Gasteiger charge is 2.10. The van der Waals surface area contributed by atoms with Gasteiger partial charge in [0.05, 0.1) is 6.54 Å². The monoisotopic (exact) mass is 368 g/mol. The Morgan fingerprint density at radius 1 is 1.48 bits per heavy atom. The minimum atomic E-state index is -0.133. The van der Waals surface area contributed by atoms with Crippen LogP contribution in [0, 0.1) is 0 Å². The van der Waals surface area contributed by atoms with Gasteiger partial charge < -0.3 is 10.7 Å². The van der Waals surface area contributed by atoms with Crippen LogP contribution in [-0.2, 0) is 13.0 Å². The van der Waals surface area contributed by atoms with Gasteiger partial charge in [0.25, 0.3) is 5.91 Å². The maximum absolute atomic E-state index is 12.3. The van der Waals surface area contributed by atoms with Crippen molar-refractivity contribution in [2.45, 2.75) is 26.3 Å². The molecule has 112 valence electrons. The Morgan fingerprint density at radius 2 is 2.29 bits per heavy atom. The predicted molar refractivity (Wildman–Crippen MR) is 89.2 cm³/mol. The first-order valence-electron chi connectivity index (χ1n) is 6.61. The van der Waals surface area contributed by atoms with Gasteiger partial charge in [-0.15, -0.1) is 11.3 Å². The minimum absolute atomic E-state index is 0.133. The summed E-state index contributed by atoms with van der Waals surface area (Å²) in [5, 5.41) is 4.89. The van der Waals surface area contributed by atoms with Crippen LogP contribution in [0.2, 0.25) is 0 Å². The summed E-state index contributed by atoms with van der Waals surface area (Å²) in [7, 11) is 0. The van der Waals surface area contributed by atoms with Crippen molar-refractivity contribution in [1.82, 2.24) is 10.3 Å². The van der Waals surface area contributed by atoms with E-state index in [1.165, 1.54) is 0 Å². The molecule has 0 aliphatic rings. The summed E-state index contributed by atoms with van der Waals surface area (Å²) in [5.74, 6) is 5.78. The fraction of sp³-hybridized carbons (Fsp3) is 0.286. The van der Waals surface area contributed by atoms with Crippen LogP contribution in [0.1, 0.15) is 34.3 Å². The summed E-state index contributed by atoms with van der Waals surface area (Å²) in [5.41, 5.74) is 3.92. The van der Waals surface area contributed by atoms with E-state index in [1.54, 1.807) is 17.4 Å². The second kappa shape index (κ2) is 7.53. The number of hydrogen-bond donors (Lipinski definition) is 3. The maximum atomic E-state index is 12.3. The van der Waals surface area contributed by atoms with Crippen molar-refractivity contribution in [3.8, 4) is 0 Å². The first kappa shape index (κ1) is 15.9. The third-order valence-corrected chi connectivity index (χ3v) is 4.82. The lowest BCUT2D eigenvalue weighted by Crippen LogP contribution is -2.23. The smallest absolute Gasteiger partial charge is 0.251 e. The Bertz CT molecular complexity index is 629. The summed E-state index contributed by atoms with van der Waals surface area (Å²) in [6, 6.07) is 5.43. The summed E-state index contributed by atoms with van der Waals surface area (Å²) >= 11 is 5.05. The molecule has 0 aliphatic carbocycles. The third-order valence-electron chi connectivity index (χ3n) is 2.90. The average Bonchev–Trinajstić information content (AvgIpc) is 2.90. The molecule has 2 aromatic heterocycles. The molecule has 1 amide bonds. The molecule has 5 nitrogen and oxygen atoms in total. The zero-order valence-electron chi connectivity index (χ0n) is 11.6. The molecule has 0 spiro atoms. The van der Waals surface area contributed by atoms with Crippen molar-refractivity contribution in [2.75, 3.05) is 5.43 Å². The number of aromatic nitrogens is 1. The molecule has 0 saturated carbocycles. The number of thiophene rings is 1. The number of hydrogen-bond acceptors (Lipinski definition) is 5. The van der Waals surface area contributed by atoms with Crippen molar-refractivity contribution in [3.05, 3.63) is 44.2 Å². The highest BCUT2D eigenvalue weighted by Crippen LogP contribution is 2.22. The molecular weight excluding hydrogens is 352 g/mol. The molecular formula is C14H17BrN4OS. The summed E-state index contributed by atoms with van der Waals surface area (Å²) in [6.45, 7) is 2.56. The highest BCUT2D eigenvalue weighted by atomic mass is 79.9. The van der Waals surface area contributed by atoms with Crippen LogP contribution in [0.5, 0.6) is 0 Å². The number of nitrogens with zero attached hydrogens (tertiary/aromatic N) is 1. The Labute approximate surface area is 136 Å². The van der Waals surface area contributed by atoms with Gasteiger partial charge >= 0.3 is 0 Å². The Kier molecular flexibility index (Phi) is 5.72. The lowest BCUT2D eigenvalue weighted by molar-refractivity contribution is 0.0951. The molecule has 0 atom stereocenters. The van der Waals surface area contributed by atoms with Crippen molar-refractivity contribution in [1.29, 1.82) is 0 Å². The molecule has 0 fully saturated rings. The number of hydrazine groups is 1. The van der Waals surface area contributed by atoms with E-state index in [0.717, 1.165) is 27.9 Å². The van der Waals surface area contributed by atoms with E-state index < -0.39 is 0 Å². The average molecular weight is 369 g/mol. The second-order valence-electron chi connectivity index (χ2n) is 4.50. The molecule has 2 aromatic rings. The van der Waals surface area contributed by atoms with E-state index in [-0.39, 0.29) is 5.91 Å². The highest BCUT2D eigenvalue weighted by molar-refractivity contribution is 9.10. The van der Waals surface area contributed by atoms with E-state index in [4.69, 9.17) is 5.84 Å². The topological polar surface area (TPSA) is 80.0 Å². The lowest BCUT2D eigenvalue weighted by atomic mass is 10.1. The van der Waals surface area contributed by atoms with Gasteiger partial charge in [-0.1, -0.05) is 13.3 Å². The zero-order chi connectivity index (χ0) is 15.2. The van der Waals surface area contributed by atoms with Crippen LogP contribution in [0.3, 0.4) is 0 Å². The first-order chi connectivity index (χ1) is 10.1. The number of rotatable bonds is 6. The van der Waals surface area contributed by atoms with Crippen LogP contribution < -0.4 is 16.6 Å². The van der Waals surface area contributed by atoms with Crippen LogP contribution in [0.25, 0.3) is 0 Å². The maximum Gasteiger partial charge on any atom is 0.251 e. The van der Waals surface area contributed by atoms with E-state index in [2.05, 4.69) is 38.6 Å². The molecule has 7 heteroatoms. The van der Waals surface area contributed by atoms with Crippen molar-refractivity contribution in [2.24, 2.45) is 5.84 Å². The van der Waals surface area contributed by atoms with Gasteiger partial charge in [0.1, 0.15) is 5.82 Å². The van der Waals surface area contributed by atoms with Gasteiger partial charge in [-0.25, -0.2) is 10.8 Å².